The molecule has 20 heavy (non-hydrogen) atoms. The van der Waals surface area contributed by atoms with Crippen molar-refractivity contribution < 1.29 is 9.18 Å². The number of nitrogens with one attached hydrogen (secondary N) is 2. The van der Waals surface area contributed by atoms with Crippen LogP contribution in [0.1, 0.15) is 5.56 Å². The van der Waals surface area contributed by atoms with Crippen molar-refractivity contribution in [3.05, 3.63) is 52.2 Å². The Bertz CT molecular complexity index is 644. The molecule has 0 bridgehead atoms. The largest absolute Gasteiger partial charge is 0.351 e. The Balaban J connectivity index is 1.78. The van der Waals surface area contributed by atoms with E-state index in [1.54, 1.807) is 12.1 Å². The molecule has 0 saturated carbocycles. The Labute approximate surface area is 117 Å². The lowest BCUT2D eigenvalue weighted by atomic mass is 10.2. The lowest BCUT2D eigenvalue weighted by molar-refractivity contribution is -0.118. The summed E-state index contributed by atoms with van der Waals surface area (Å²) in [4.78, 5) is 25.0. The molecule has 0 spiro atoms. The van der Waals surface area contributed by atoms with Crippen LogP contribution in [0.3, 0.4) is 0 Å². The molecule has 0 aliphatic carbocycles. The van der Waals surface area contributed by atoms with Crippen molar-refractivity contribution in [2.75, 3.05) is 5.75 Å². The number of rotatable bonds is 5. The summed E-state index contributed by atoms with van der Waals surface area (Å²) in [6, 6.07) is 5.87. The van der Waals surface area contributed by atoms with Crippen molar-refractivity contribution in [3.63, 3.8) is 0 Å². The Morgan fingerprint density at radius 2 is 2.10 bits per heavy atom. The summed E-state index contributed by atoms with van der Waals surface area (Å²) in [5.41, 5.74) is 0.437. The van der Waals surface area contributed by atoms with Gasteiger partial charge < -0.3 is 5.32 Å². The average molecular weight is 294 g/mol. The van der Waals surface area contributed by atoms with Crippen LogP contribution >= 0.6 is 11.8 Å². The number of benzene rings is 1. The molecule has 0 saturated heterocycles. The van der Waals surface area contributed by atoms with Crippen LogP contribution < -0.4 is 10.9 Å². The smallest absolute Gasteiger partial charge is 0.270 e. The second-order valence-electron chi connectivity index (χ2n) is 3.83. The number of carbonyl (C=O) groups excluding carboxylic acids is 1. The van der Waals surface area contributed by atoms with Gasteiger partial charge in [0.15, 0.2) is 5.16 Å². The van der Waals surface area contributed by atoms with Crippen LogP contribution in [0, 0.1) is 5.82 Å². The van der Waals surface area contributed by atoms with Gasteiger partial charge in [-0.05, 0) is 17.7 Å². The molecule has 2 aromatic rings. The highest BCUT2D eigenvalue weighted by atomic mass is 32.2. The third kappa shape index (κ3) is 4.47. The molecule has 0 aliphatic rings. The number of aromatic nitrogens is 3. The molecule has 2 rings (SSSR count). The number of nitrogens with zero attached hydrogens (tertiary/aromatic N) is 2. The van der Waals surface area contributed by atoms with E-state index in [1.165, 1.54) is 12.1 Å². The zero-order valence-corrected chi connectivity index (χ0v) is 11.1. The minimum Gasteiger partial charge on any atom is -0.351 e. The Hall–Kier alpha value is -2.22. The highest BCUT2D eigenvalue weighted by molar-refractivity contribution is 7.99. The number of aromatic amines is 1. The van der Waals surface area contributed by atoms with Gasteiger partial charge in [-0.3, -0.25) is 14.6 Å². The summed E-state index contributed by atoms with van der Waals surface area (Å²) in [7, 11) is 0. The van der Waals surface area contributed by atoms with Crippen LogP contribution in [0.15, 0.2) is 40.4 Å². The van der Waals surface area contributed by atoms with E-state index >= 15 is 0 Å². The molecule has 0 unspecified atom stereocenters. The van der Waals surface area contributed by atoms with E-state index in [-0.39, 0.29) is 28.2 Å². The van der Waals surface area contributed by atoms with Crippen LogP contribution in [0.5, 0.6) is 0 Å². The van der Waals surface area contributed by atoms with Gasteiger partial charge in [0, 0.05) is 6.54 Å². The highest BCUT2D eigenvalue weighted by Crippen LogP contribution is 2.08. The van der Waals surface area contributed by atoms with Gasteiger partial charge in [-0.2, -0.15) is 5.10 Å². The van der Waals surface area contributed by atoms with Crippen molar-refractivity contribution in [2.24, 2.45) is 0 Å². The molecule has 0 fully saturated rings. The highest BCUT2D eigenvalue weighted by Gasteiger charge is 2.05. The second-order valence-corrected chi connectivity index (χ2v) is 4.79. The van der Waals surface area contributed by atoms with Crippen molar-refractivity contribution in [1.82, 2.24) is 20.5 Å². The number of thioether (sulfide) groups is 1. The van der Waals surface area contributed by atoms with E-state index < -0.39 is 0 Å². The van der Waals surface area contributed by atoms with Crippen molar-refractivity contribution >= 4 is 17.7 Å². The van der Waals surface area contributed by atoms with Crippen LogP contribution in [0.2, 0.25) is 0 Å². The predicted octanol–water partition coefficient (Wildman–Crippen LogP) is 0.713. The summed E-state index contributed by atoms with van der Waals surface area (Å²) in [6.45, 7) is 0.316. The van der Waals surface area contributed by atoms with Gasteiger partial charge >= 0.3 is 0 Å². The van der Waals surface area contributed by atoms with Gasteiger partial charge in [-0.25, -0.2) is 4.39 Å². The fourth-order valence-electron chi connectivity index (χ4n) is 1.35. The van der Waals surface area contributed by atoms with E-state index in [9.17, 15) is 14.0 Å². The van der Waals surface area contributed by atoms with Gasteiger partial charge in [0.2, 0.25) is 5.91 Å². The zero-order valence-electron chi connectivity index (χ0n) is 10.3. The third-order valence-corrected chi connectivity index (χ3v) is 3.16. The Kier molecular flexibility index (Phi) is 4.83. The fraction of sp³-hybridized carbons (Fsp3) is 0.167. The SMILES string of the molecule is O=C(CSc1nncc(=O)[nH]1)NCc1ccc(F)cc1. The lowest BCUT2D eigenvalue weighted by Crippen LogP contribution is -2.24. The van der Waals surface area contributed by atoms with Crippen molar-refractivity contribution in [3.8, 4) is 0 Å². The molecule has 2 N–H and O–H groups in total. The lowest BCUT2D eigenvalue weighted by Gasteiger charge is -2.04. The molecule has 1 aromatic heterocycles. The number of amides is 1. The fourth-order valence-corrected chi connectivity index (χ4v) is 2.00. The summed E-state index contributed by atoms with van der Waals surface area (Å²) in [5, 5.41) is 10.1. The minimum absolute atomic E-state index is 0.107. The molecular weight excluding hydrogens is 283 g/mol. The standard InChI is InChI=1S/C12H11FN4O2S/c13-9-3-1-8(2-4-9)5-14-11(19)7-20-12-16-10(18)6-15-17-12/h1-4,6H,5,7H2,(H,14,19)(H,16,17,18). The van der Waals surface area contributed by atoms with Crippen LogP contribution in [-0.2, 0) is 11.3 Å². The van der Waals surface area contributed by atoms with E-state index in [1.807, 2.05) is 0 Å². The van der Waals surface area contributed by atoms with Crippen LogP contribution in [0.4, 0.5) is 4.39 Å². The molecule has 8 heteroatoms. The molecule has 1 aromatic carbocycles. The Morgan fingerprint density at radius 3 is 2.80 bits per heavy atom. The van der Waals surface area contributed by atoms with Crippen molar-refractivity contribution in [1.29, 1.82) is 0 Å². The zero-order chi connectivity index (χ0) is 14.4. The second kappa shape index (κ2) is 6.80. The molecule has 0 aliphatic heterocycles. The third-order valence-electron chi connectivity index (χ3n) is 2.30. The monoisotopic (exact) mass is 294 g/mol. The first-order chi connectivity index (χ1) is 9.63. The normalized spacial score (nSPS) is 10.2. The molecular formula is C12H11FN4O2S. The summed E-state index contributed by atoms with van der Waals surface area (Å²) < 4.78 is 12.7. The summed E-state index contributed by atoms with van der Waals surface area (Å²) in [5.74, 6) is -0.427. The summed E-state index contributed by atoms with van der Waals surface area (Å²) in [6.07, 6.45) is 1.05. The van der Waals surface area contributed by atoms with Gasteiger partial charge in [-0.15, -0.1) is 5.10 Å². The van der Waals surface area contributed by atoms with E-state index in [2.05, 4.69) is 20.5 Å². The average Bonchev–Trinajstić information content (AvgIpc) is 2.45. The first-order valence-electron chi connectivity index (χ1n) is 5.69. The first kappa shape index (κ1) is 14.2. The number of halogens is 1. The molecule has 1 amide bonds. The molecule has 0 radical (unpaired) electrons. The van der Waals surface area contributed by atoms with Crippen LogP contribution in [0.25, 0.3) is 0 Å². The number of carbonyl (C=O) groups is 1. The Morgan fingerprint density at radius 1 is 1.35 bits per heavy atom. The van der Waals surface area contributed by atoms with Gasteiger partial charge in [-0.1, -0.05) is 23.9 Å². The molecule has 1 heterocycles. The molecule has 6 nitrogen and oxygen atoms in total. The maximum absolute atomic E-state index is 12.7. The van der Waals surface area contributed by atoms with Crippen molar-refractivity contribution in [2.45, 2.75) is 11.7 Å². The number of hydrogen-bond donors (Lipinski definition) is 2. The van der Waals surface area contributed by atoms with E-state index in [0.717, 1.165) is 23.5 Å². The van der Waals surface area contributed by atoms with Crippen LogP contribution in [-0.4, -0.2) is 26.8 Å². The number of H-pyrrole nitrogens is 1. The predicted molar refractivity (Wildman–Crippen MR) is 71.6 cm³/mol. The minimum atomic E-state index is -0.366. The molecule has 104 valence electrons. The van der Waals surface area contributed by atoms with E-state index in [4.69, 9.17) is 0 Å². The van der Waals surface area contributed by atoms with Gasteiger partial charge in [0.25, 0.3) is 5.56 Å². The first-order valence-corrected chi connectivity index (χ1v) is 6.68. The van der Waals surface area contributed by atoms with Gasteiger partial charge in [0.05, 0.1) is 5.75 Å². The maximum Gasteiger partial charge on any atom is 0.270 e. The molecule has 0 atom stereocenters. The van der Waals surface area contributed by atoms with E-state index in [0.29, 0.717) is 6.54 Å². The number of hydrogen-bond acceptors (Lipinski definition) is 5. The quantitative estimate of drug-likeness (QED) is 0.793. The van der Waals surface area contributed by atoms with Gasteiger partial charge in [0.1, 0.15) is 12.0 Å². The maximum atomic E-state index is 12.7. The summed E-state index contributed by atoms with van der Waals surface area (Å²) >= 11 is 1.08. The topological polar surface area (TPSA) is 87.7 Å².